The Labute approximate surface area is 138 Å². The van der Waals surface area contributed by atoms with Crippen LogP contribution in [0.5, 0.6) is 0 Å². The Hall–Kier alpha value is 0.150. The van der Waals surface area contributed by atoms with Gasteiger partial charge in [0.1, 0.15) is 0 Å². The average molecular weight is 397 g/mol. The third-order valence-electron chi connectivity index (χ3n) is 2.46. The van der Waals surface area contributed by atoms with E-state index in [1.807, 2.05) is 0 Å². The van der Waals surface area contributed by atoms with Crippen molar-refractivity contribution in [1.29, 1.82) is 0 Å². The van der Waals surface area contributed by atoms with Gasteiger partial charge in [-0.2, -0.15) is 4.72 Å². The topological polar surface area (TPSA) is 81.7 Å². The number of benzene rings is 1. The van der Waals surface area contributed by atoms with Crippen LogP contribution in [-0.2, 0) is 23.6 Å². The molecule has 1 aromatic carbocycles. The predicted octanol–water partition coefficient (Wildman–Crippen LogP) is 3.15. The second-order valence-electron chi connectivity index (χ2n) is 3.78. The summed E-state index contributed by atoms with van der Waals surface area (Å²) in [5, 5.41) is 0. The summed E-state index contributed by atoms with van der Waals surface area (Å²) in [6.07, 6.45) is 0. The largest absolute Gasteiger partial charge is 0.352 e. The van der Waals surface area contributed by atoms with E-state index in [0.29, 0.717) is 0 Å². The standard InChI is InChI=1S/C10H13Cl3NO5PS/c1-18-20(15,19-2)9(10(11,12)13)14-21(16,17)8-6-4-3-5-7-8/h3-7,9,14H,1-2H3/t9-/m0/s1. The molecule has 0 amide bonds. The number of halogens is 3. The number of nitrogens with one attached hydrogen (secondary N) is 1. The normalized spacial score (nSPS) is 14.9. The highest BCUT2D eigenvalue weighted by atomic mass is 35.6. The Morgan fingerprint density at radius 3 is 2.00 bits per heavy atom. The van der Waals surface area contributed by atoms with Crippen LogP contribution in [0.15, 0.2) is 35.2 Å². The Balaban J connectivity index is 3.23. The fourth-order valence-corrected chi connectivity index (χ4v) is 5.83. The zero-order valence-corrected chi connectivity index (χ0v) is 15.0. The monoisotopic (exact) mass is 395 g/mol. The molecule has 0 aliphatic heterocycles. The molecule has 1 N–H and O–H groups in total. The molecule has 0 unspecified atom stereocenters. The van der Waals surface area contributed by atoms with E-state index in [1.165, 1.54) is 24.3 Å². The summed E-state index contributed by atoms with van der Waals surface area (Å²) in [6.45, 7) is 0. The van der Waals surface area contributed by atoms with Crippen LogP contribution in [0.4, 0.5) is 0 Å². The van der Waals surface area contributed by atoms with E-state index in [1.54, 1.807) is 6.07 Å². The quantitative estimate of drug-likeness (QED) is 0.590. The fourth-order valence-electron chi connectivity index (χ4n) is 1.41. The van der Waals surface area contributed by atoms with Crippen LogP contribution in [0.3, 0.4) is 0 Å². The van der Waals surface area contributed by atoms with Gasteiger partial charge in [0.05, 0.1) is 4.90 Å². The van der Waals surface area contributed by atoms with Crippen LogP contribution >= 0.6 is 42.4 Å². The van der Waals surface area contributed by atoms with Crippen LogP contribution in [0.25, 0.3) is 0 Å². The van der Waals surface area contributed by atoms with E-state index in [2.05, 4.69) is 4.72 Å². The summed E-state index contributed by atoms with van der Waals surface area (Å²) in [7, 11) is -5.98. The summed E-state index contributed by atoms with van der Waals surface area (Å²) in [6, 6.07) is 7.35. The molecule has 1 aromatic rings. The molecule has 0 fully saturated rings. The molecule has 0 aromatic heterocycles. The molecule has 0 saturated heterocycles. The van der Waals surface area contributed by atoms with Gasteiger partial charge in [0, 0.05) is 14.2 Å². The van der Waals surface area contributed by atoms with Crippen molar-refractivity contribution in [3.05, 3.63) is 30.3 Å². The highest BCUT2D eigenvalue weighted by Gasteiger charge is 2.50. The smallest absolute Gasteiger partial charge is 0.311 e. The van der Waals surface area contributed by atoms with E-state index in [4.69, 9.17) is 43.9 Å². The highest BCUT2D eigenvalue weighted by Crippen LogP contribution is 2.58. The fraction of sp³-hybridized carbons (Fsp3) is 0.400. The van der Waals surface area contributed by atoms with Gasteiger partial charge in [0.15, 0.2) is 5.78 Å². The highest BCUT2D eigenvalue weighted by molar-refractivity contribution is 7.89. The molecule has 0 aliphatic rings. The van der Waals surface area contributed by atoms with Gasteiger partial charge in [0.25, 0.3) is 0 Å². The van der Waals surface area contributed by atoms with Gasteiger partial charge >= 0.3 is 7.60 Å². The second kappa shape index (κ2) is 7.15. The van der Waals surface area contributed by atoms with Crippen molar-refractivity contribution in [2.45, 2.75) is 14.5 Å². The lowest BCUT2D eigenvalue weighted by molar-refractivity contribution is 0.263. The van der Waals surface area contributed by atoms with E-state index < -0.39 is 27.2 Å². The Morgan fingerprint density at radius 1 is 1.14 bits per heavy atom. The van der Waals surface area contributed by atoms with Crippen molar-refractivity contribution in [1.82, 2.24) is 4.72 Å². The molecule has 1 atom stereocenters. The summed E-state index contributed by atoms with van der Waals surface area (Å²) in [4.78, 5) is -0.0805. The zero-order valence-electron chi connectivity index (χ0n) is 11.0. The molecule has 0 saturated carbocycles. The van der Waals surface area contributed by atoms with Crippen molar-refractivity contribution < 1.29 is 22.0 Å². The minimum Gasteiger partial charge on any atom is -0.311 e. The Bertz CT molecular complexity index is 611. The van der Waals surface area contributed by atoms with E-state index >= 15 is 0 Å². The van der Waals surface area contributed by atoms with Crippen LogP contribution in [0.1, 0.15) is 0 Å². The number of sulfonamides is 1. The van der Waals surface area contributed by atoms with E-state index in [9.17, 15) is 13.0 Å². The molecule has 6 nitrogen and oxygen atoms in total. The summed E-state index contributed by atoms with van der Waals surface area (Å²) in [5.41, 5.74) is 0. The summed E-state index contributed by atoms with van der Waals surface area (Å²) in [5.74, 6) is -1.71. The van der Waals surface area contributed by atoms with Gasteiger partial charge in [-0.3, -0.25) is 4.57 Å². The van der Waals surface area contributed by atoms with Gasteiger partial charge in [-0.05, 0) is 12.1 Å². The lowest BCUT2D eigenvalue weighted by atomic mass is 10.4. The zero-order chi connectivity index (χ0) is 16.3. The first-order valence-corrected chi connectivity index (χ1v) is 9.65. The molecule has 0 heterocycles. The third-order valence-corrected chi connectivity index (χ3v) is 7.35. The van der Waals surface area contributed by atoms with Crippen LogP contribution in [-0.4, -0.2) is 32.2 Å². The molecular formula is C10H13Cl3NO5PS. The van der Waals surface area contributed by atoms with E-state index in [0.717, 1.165) is 14.2 Å². The molecule has 1 rings (SSSR count). The maximum atomic E-state index is 12.4. The second-order valence-corrected chi connectivity index (χ2v) is 10.2. The molecular weight excluding hydrogens is 384 g/mol. The number of hydrogen-bond donors (Lipinski definition) is 1. The number of alkyl halides is 3. The molecule has 0 spiro atoms. The van der Waals surface area contributed by atoms with Crippen molar-refractivity contribution in [3.63, 3.8) is 0 Å². The van der Waals surface area contributed by atoms with Crippen molar-refractivity contribution in [3.8, 4) is 0 Å². The van der Waals surface area contributed by atoms with Gasteiger partial charge in [0.2, 0.25) is 13.8 Å². The molecule has 21 heavy (non-hydrogen) atoms. The van der Waals surface area contributed by atoms with Crippen LogP contribution in [0, 0.1) is 0 Å². The number of hydrogen-bond acceptors (Lipinski definition) is 5. The SMILES string of the molecule is COP(=O)(OC)[C@H](NS(=O)(=O)c1ccccc1)C(Cl)(Cl)Cl. The van der Waals surface area contributed by atoms with Gasteiger partial charge in [-0.15, -0.1) is 0 Å². The predicted molar refractivity (Wildman–Crippen MR) is 82.5 cm³/mol. The van der Waals surface area contributed by atoms with Crippen molar-refractivity contribution in [2.75, 3.05) is 14.2 Å². The first-order chi connectivity index (χ1) is 9.57. The Morgan fingerprint density at radius 2 is 1.62 bits per heavy atom. The lowest BCUT2D eigenvalue weighted by Crippen LogP contribution is -2.44. The average Bonchev–Trinajstić information content (AvgIpc) is 2.44. The van der Waals surface area contributed by atoms with E-state index in [-0.39, 0.29) is 4.90 Å². The maximum absolute atomic E-state index is 12.4. The van der Waals surface area contributed by atoms with Crippen molar-refractivity contribution in [2.24, 2.45) is 0 Å². The number of rotatable bonds is 6. The molecule has 0 radical (unpaired) electrons. The molecule has 0 aliphatic carbocycles. The van der Waals surface area contributed by atoms with Crippen LogP contribution in [0.2, 0.25) is 0 Å². The van der Waals surface area contributed by atoms with Crippen LogP contribution < -0.4 is 4.72 Å². The summed E-state index contributed by atoms with van der Waals surface area (Å²) >= 11 is 17.1. The maximum Gasteiger partial charge on any atom is 0.352 e. The molecule has 11 heteroatoms. The third kappa shape index (κ3) is 4.81. The lowest BCUT2D eigenvalue weighted by Gasteiger charge is -2.29. The minimum atomic E-state index is -4.08. The minimum absolute atomic E-state index is 0.0805. The van der Waals surface area contributed by atoms with Gasteiger partial charge in [-0.1, -0.05) is 53.0 Å². The first-order valence-electron chi connectivity index (χ1n) is 5.42. The van der Waals surface area contributed by atoms with Crippen molar-refractivity contribution >= 4 is 52.4 Å². The Kier molecular flexibility index (Phi) is 6.54. The molecule has 0 bridgehead atoms. The summed E-state index contributed by atoms with van der Waals surface area (Å²) < 4.78 is 46.1. The van der Waals surface area contributed by atoms with Gasteiger partial charge < -0.3 is 9.05 Å². The molecule has 120 valence electrons. The first kappa shape index (κ1) is 19.2. The van der Waals surface area contributed by atoms with Gasteiger partial charge in [-0.25, -0.2) is 8.42 Å².